The Morgan fingerprint density at radius 1 is 0.750 bits per heavy atom. The van der Waals surface area contributed by atoms with Crippen molar-refractivity contribution < 1.29 is 9.59 Å². The molecule has 0 heterocycles. The summed E-state index contributed by atoms with van der Waals surface area (Å²) in [5, 5.41) is 5.91. The minimum absolute atomic E-state index is 0.152. The van der Waals surface area contributed by atoms with Gasteiger partial charge in [-0.25, -0.2) is 0 Å². The summed E-state index contributed by atoms with van der Waals surface area (Å²) in [6.07, 6.45) is 0.423. The van der Waals surface area contributed by atoms with Crippen LogP contribution in [0.4, 0.5) is 0 Å². The van der Waals surface area contributed by atoms with Gasteiger partial charge in [-0.15, -0.1) is 0 Å². The van der Waals surface area contributed by atoms with Gasteiger partial charge in [-0.2, -0.15) is 0 Å². The maximum atomic E-state index is 13.0. The Labute approximate surface area is 165 Å². The molecule has 0 bridgehead atoms. The maximum Gasteiger partial charge on any atom is 0.251 e. The van der Waals surface area contributed by atoms with E-state index in [1.54, 1.807) is 24.3 Å². The third kappa shape index (κ3) is 5.30. The Morgan fingerprint density at radius 2 is 1.29 bits per heavy atom. The van der Waals surface area contributed by atoms with Crippen molar-refractivity contribution in [2.45, 2.75) is 25.4 Å². The normalized spacial score (nSPS) is 12.6. The maximum absolute atomic E-state index is 13.0. The summed E-state index contributed by atoms with van der Waals surface area (Å²) in [6, 6.07) is 27.6. The molecule has 0 aliphatic rings. The van der Waals surface area contributed by atoms with Crippen LogP contribution in [-0.4, -0.2) is 17.9 Å². The van der Waals surface area contributed by atoms with Crippen LogP contribution in [0.3, 0.4) is 0 Å². The molecule has 0 spiro atoms. The Morgan fingerprint density at radius 3 is 1.89 bits per heavy atom. The Balaban J connectivity index is 1.75. The van der Waals surface area contributed by atoms with Gasteiger partial charge in [-0.05, 0) is 30.2 Å². The van der Waals surface area contributed by atoms with Crippen molar-refractivity contribution in [3.8, 4) is 0 Å². The largest absolute Gasteiger partial charge is 0.348 e. The molecule has 3 aromatic carbocycles. The zero-order valence-electron chi connectivity index (χ0n) is 15.8. The zero-order valence-corrected chi connectivity index (χ0v) is 15.8. The van der Waals surface area contributed by atoms with Gasteiger partial charge in [0.2, 0.25) is 5.91 Å². The summed E-state index contributed by atoms with van der Waals surface area (Å²) < 4.78 is 0. The fraction of sp³-hybridized carbons (Fsp3) is 0.167. The van der Waals surface area contributed by atoms with E-state index in [2.05, 4.69) is 10.6 Å². The average molecular weight is 372 g/mol. The molecule has 0 saturated heterocycles. The average Bonchev–Trinajstić information content (AvgIpc) is 2.75. The van der Waals surface area contributed by atoms with E-state index in [1.165, 1.54) is 0 Å². The number of carbonyl (C=O) groups is 2. The Hall–Kier alpha value is -3.40. The molecule has 0 saturated carbocycles. The molecule has 0 aliphatic heterocycles. The first kappa shape index (κ1) is 19.4. The van der Waals surface area contributed by atoms with Crippen LogP contribution in [0.1, 0.15) is 34.5 Å². The number of benzene rings is 3. The molecule has 2 N–H and O–H groups in total. The van der Waals surface area contributed by atoms with Gasteiger partial charge in [0.05, 0.1) is 6.04 Å². The molecule has 0 aliphatic carbocycles. The van der Waals surface area contributed by atoms with E-state index in [0.717, 1.165) is 11.1 Å². The molecule has 0 aromatic heterocycles. The third-order valence-electron chi connectivity index (χ3n) is 4.60. The first-order valence-electron chi connectivity index (χ1n) is 9.38. The van der Waals surface area contributed by atoms with Gasteiger partial charge >= 0.3 is 0 Å². The van der Waals surface area contributed by atoms with Crippen molar-refractivity contribution in [2.24, 2.45) is 0 Å². The molecule has 4 nitrogen and oxygen atoms in total. The molecule has 4 heteroatoms. The standard InChI is InChI=1S/C24H24N2O2/c1-18(20-13-7-3-8-14-20)25-24(28)22(17-19-11-5-2-6-12-19)26-23(27)21-15-9-4-10-16-21/h2-16,18,22H,17H2,1H3,(H,25,28)(H,26,27)/t18-,22-/m1/s1. The van der Waals surface area contributed by atoms with Gasteiger partial charge in [0.1, 0.15) is 6.04 Å². The van der Waals surface area contributed by atoms with E-state index in [-0.39, 0.29) is 17.9 Å². The lowest BCUT2D eigenvalue weighted by Gasteiger charge is -2.22. The Bertz CT molecular complexity index is 896. The molecule has 0 radical (unpaired) electrons. The molecule has 3 aromatic rings. The van der Waals surface area contributed by atoms with Crippen LogP contribution in [0, 0.1) is 0 Å². The van der Waals surface area contributed by atoms with Crippen molar-refractivity contribution in [3.63, 3.8) is 0 Å². The van der Waals surface area contributed by atoms with Crippen LogP contribution in [0.2, 0.25) is 0 Å². The highest BCUT2D eigenvalue weighted by Crippen LogP contribution is 2.12. The molecular formula is C24H24N2O2. The van der Waals surface area contributed by atoms with E-state index < -0.39 is 6.04 Å². The predicted molar refractivity (Wildman–Crippen MR) is 111 cm³/mol. The summed E-state index contributed by atoms with van der Waals surface area (Å²) in [5.74, 6) is -0.464. The molecule has 3 rings (SSSR count). The second-order valence-electron chi connectivity index (χ2n) is 6.72. The highest BCUT2D eigenvalue weighted by molar-refractivity contribution is 5.97. The van der Waals surface area contributed by atoms with Crippen molar-refractivity contribution in [3.05, 3.63) is 108 Å². The van der Waals surface area contributed by atoms with Crippen LogP contribution < -0.4 is 10.6 Å². The number of hydrogen-bond acceptors (Lipinski definition) is 2. The van der Waals surface area contributed by atoms with Crippen LogP contribution in [0.5, 0.6) is 0 Å². The molecule has 142 valence electrons. The van der Waals surface area contributed by atoms with E-state index in [0.29, 0.717) is 12.0 Å². The highest BCUT2D eigenvalue weighted by atomic mass is 16.2. The summed E-state index contributed by atoms with van der Waals surface area (Å²) in [7, 11) is 0. The van der Waals surface area contributed by atoms with Gasteiger partial charge in [-0.3, -0.25) is 9.59 Å². The van der Waals surface area contributed by atoms with E-state index >= 15 is 0 Å². The monoisotopic (exact) mass is 372 g/mol. The minimum atomic E-state index is -0.665. The molecular weight excluding hydrogens is 348 g/mol. The minimum Gasteiger partial charge on any atom is -0.348 e. The summed E-state index contributed by atoms with van der Waals surface area (Å²) in [6.45, 7) is 1.94. The highest BCUT2D eigenvalue weighted by Gasteiger charge is 2.23. The molecule has 0 unspecified atom stereocenters. The second kappa shape index (κ2) is 9.51. The summed E-state index contributed by atoms with van der Waals surface area (Å²) in [4.78, 5) is 25.6. The lowest BCUT2D eigenvalue weighted by atomic mass is 10.0. The van der Waals surface area contributed by atoms with Gasteiger partial charge in [0.25, 0.3) is 5.91 Å². The van der Waals surface area contributed by atoms with Crippen molar-refractivity contribution in [2.75, 3.05) is 0 Å². The topological polar surface area (TPSA) is 58.2 Å². The number of carbonyl (C=O) groups excluding carboxylic acids is 2. The number of hydrogen-bond donors (Lipinski definition) is 2. The number of amides is 2. The predicted octanol–water partition coefficient (Wildman–Crippen LogP) is 3.91. The lowest BCUT2D eigenvalue weighted by Crippen LogP contribution is -2.48. The van der Waals surface area contributed by atoms with Gasteiger partial charge in [0, 0.05) is 12.0 Å². The first-order valence-corrected chi connectivity index (χ1v) is 9.38. The molecule has 0 fully saturated rings. The fourth-order valence-electron chi connectivity index (χ4n) is 3.03. The molecule has 2 amide bonds. The number of rotatable bonds is 7. The SMILES string of the molecule is C[C@@H](NC(=O)[C@@H](Cc1ccccc1)NC(=O)c1ccccc1)c1ccccc1. The smallest absolute Gasteiger partial charge is 0.251 e. The quantitative estimate of drug-likeness (QED) is 0.661. The fourth-order valence-corrected chi connectivity index (χ4v) is 3.03. The summed E-state index contributed by atoms with van der Waals surface area (Å²) >= 11 is 0. The van der Waals surface area contributed by atoms with Crippen LogP contribution in [-0.2, 0) is 11.2 Å². The van der Waals surface area contributed by atoms with Crippen LogP contribution >= 0.6 is 0 Å². The molecule has 2 atom stereocenters. The summed E-state index contributed by atoms with van der Waals surface area (Å²) in [5.41, 5.74) is 2.54. The van der Waals surface area contributed by atoms with E-state index in [4.69, 9.17) is 0 Å². The van der Waals surface area contributed by atoms with E-state index in [1.807, 2.05) is 73.7 Å². The molecule has 28 heavy (non-hydrogen) atoms. The Kier molecular flexibility index (Phi) is 6.58. The zero-order chi connectivity index (χ0) is 19.8. The first-order chi connectivity index (χ1) is 13.6. The van der Waals surface area contributed by atoms with Crippen molar-refractivity contribution in [1.82, 2.24) is 10.6 Å². The van der Waals surface area contributed by atoms with Crippen molar-refractivity contribution in [1.29, 1.82) is 0 Å². The van der Waals surface area contributed by atoms with E-state index in [9.17, 15) is 9.59 Å². The van der Waals surface area contributed by atoms with Gasteiger partial charge in [-0.1, -0.05) is 78.9 Å². The number of nitrogens with one attached hydrogen (secondary N) is 2. The van der Waals surface area contributed by atoms with Gasteiger partial charge < -0.3 is 10.6 Å². The second-order valence-corrected chi connectivity index (χ2v) is 6.72. The van der Waals surface area contributed by atoms with Crippen molar-refractivity contribution >= 4 is 11.8 Å². The third-order valence-corrected chi connectivity index (χ3v) is 4.60. The van der Waals surface area contributed by atoms with Crippen LogP contribution in [0.25, 0.3) is 0 Å². The van der Waals surface area contributed by atoms with Crippen LogP contribution in [0.15, 0.2) is 91.0 Å². The van der Waals surface area contributed by atoms with Gasteiger partial charge in [0.15, 0.2) is 0 Å². The lowest BCUT2D eigenvalue weighted by molar-refractivity contribution is -0.123.